The highest BCUT2D eigenvalue weighted by molar-refractivity contribution is 6.31. The van der Waals surface area contributed by atoms with Crippen molar-refractivity contribution in [3.8, 4) is 0 Å². The van der Waals surface area contributed by atoms with E-state index in [1.807, 2.05) is 12.1 Å². The fourth-order valence-electron chi connectivity index (χ4n) is 3.09. The summed E-state index contributed by atoms with van der Waals surface area (Å²) in [4.78, 5) is 2.47. The standard InChI is InChI=1S/C17H27ClN2/c1-3-12-19-15-8-10-16(11-9-15)20(2)13-14-6-4-5-7-17(14)18/h4-7,15-16,19H,3,8-13H2,1-2H3. The molecule has 1 saturated carbocycles. The van der Waals surface area contributed by atoms with Crippen molar-refractivity contribution in [2.75, 3.05) is 13.6 Å². The summed E-state index contributed by atoms with van der Waals surface area (Å²) in [6.45, 7) is 4.35. The third-order valence-corrected chi connectivity index (χ3v) is 4.75. The summed E-state index contributed by atoms with van der Waals surface area (Å²) in [5.41, 5.74) is 1.24. The third-order valence-electron chi connectivity index (χ3n) is 4.38. The molecule has 0 aromatic heterocycles. The Balaban J connectivity index is 1.80. The molecule has 1 aromatic carbocycles. The summed E-state index contributed by atoms with van der Waals surface area (Å²) >= 11 is 6.25. The molecule has 2 rings (SSSR count). The molecule has 0 bridgehead atoms. The molecule has 20 heavy (non-hydrogen) atoms. The molecule has 1 N–H and O–H groups in total. The van der Waals surface area contributed by atoms with Gasteiger partial charge in [0.1, 0.15) is 0 Å². The monoisotopic (exact) mass is 294 g/mol. The van der Waals surface area contributed by atoms with Gasteiger partial charge >= 0.3 is 0 Å². The second-order valence-electron chi connectivity index (χ2n) is 5.97. The van der Waals surface area contributed by atoms with Crippen LogP contribution in [0.3, 0.4) is 0 Å². The lowest BCUT2D eigenvalue weighted by Crippen LogP contribution is -2.40. The van der Waals surface area contributed by atoms with Crippen molar-refractivity contribution >= 4 is 11.6 Å². The molecule has 2 nitrogen and oxygen atoms in total. The van der Waals surface area contributed by atoms with Gasteiger partial charge in [-0.05, 0) is 57.3 Å². The number of nitrogens with zero attached hydrogens (tertiary/aromatic N) is 1. The molecule has 112 valence electrons. The first-order chi connectivity index (χ1) is 9.70. The van der Waals surface area contributed by atoms with Crippen molar-refractivity contribution in [2.45, 2.75) is 57.7 Å². The van der Waals surface area contributed by atoms with Crippen LogP contribution in [0.1, 0.15) is 44.6 Å². The molecule has 0 atom stereocenters. The first-order valence-corrected chi connectivity index (χ1v) is 8.25. The van der Waals surface area contributed by atoms with Crippen molar-refractivity contribution < 1.29 is 0 Å². The lowest BCUT2D eigenvalue weighted by Gasteiger charge is -2.35. The van der Waals surface area contributed by atoms with Gasteiger partial charge in [0.05, 0.1) is 0 Å². The topological polar surface area (TPSA) is 15.3 Å². The number of hydrogen-bond acceptors (Lipinski definition) is 2. The molecular weight excluding hydrogens is 268 g/mol. The van der Waals surface area contributed by atoms with Crippen LogP contribution in [-0.2, 0) is 6.54 Å². The van der Waals surface area contributed by atoms with Gasteiger partial charge in [0.2, 0.25) is 0 Å². The van der Waals surface area contributed by atoms with Gasteiger partial charge in [-0.2, -0.15) is 0 Å². The Hall–Kier alpha value is -0.570. The summed E-state index contributed by atoms with van der Waals surface area (Å²) in [6, 6.07) is 9.62. The highest BCUT2D eigenvalue weighted by Gasteiger charge is 2.23. The molecule has 1 fully saturated rings. The molecule has 0 unspecified atom stereocenters. The van der Waals surface area contributed by atoms with Gasteiger partial charge in [-0.1, -0.05) is 36.7 Å². The van der Waals surface area contributed by atoms with Crippen LogP contribution < -0.4 is 5.32 Å². The SMILES string of the molecule is CCCNC1CCC(N(C)Cc2ccccc2Cl)CC1. The first-order valence-electron chi connectivity index (χ1n) is 7.87. The van der Waals surface area contributed by atoms with Crippen LogP contribution in [0.4, 0.5) is 0 Å². The first kappa shape index (κ1) is 15.8. The van der Waals surface area contributed by atoms with Crippen molar-refractivity contribution in [2.24, 2.45) is 0 Å². The van der Waals surface area contributed by atoms with E-state index in [4.69, 9.17) is 11.6 Å². The van der Waals surface area contributed by atoms with Crippen LogP contribution >= 0.6 is 11.6 Å². The van der Waals surface area contributed by atoms with Crippen LogP contribution in [0.25, 0.3) is 0 Å². The second kappa shape index (κ2) is 8.02. The van der Waals surface area contributed by atoms with E-state index in [0.29, 0.717) is 6.04 Å². The quantitative estimate of drug-likeness (QED) is 0.850. The lowest BCUT2D eigenvalue weighted by molar-refractivity contribution is 0.168. The Morgan fingerprint density at radius 2 is 1.90 bits per heavy atom. The van der Waals surface area contributed by atoms with Crippen molar-refractivity contribution in [1.29, 1.82) is 0 Å². The van der Waals surface area contributed by atoms with Gasteiger partial charge in [-0.3, -0.25) is 4.90 Å². The zero-order valence-corrected chi connectivity index (χ0v) is 13.5. The summed E-state index contributed by atoms with van der Waals surface area (Å²) < 4.78 is 0. The number of rotatable bonds is 6. The van der Waals surface area contributed by atoms with E-state index in [-0.39, 0.29) is 0 Å². The molecule has 0 saturated heterocycles. The van der Waals surface area contributed by atoms with Crippen molar-refractivity contribution in [3.05, 3.63) is 34.9 Å². The van der Waals surface area contributed by atoms with E-state index in [0.717, 1.165) is 24.2 Å². The van der Waals surface area contributed by atoms with Gasteiger partial charge < -0.3 is 5.32 Å². The third kappa shape index (κ3) is 4.47. The minimum Gasteiger partial charge on any atom is -0.314 e. The van der Waals surface area contributed by atoms with Gasteiger partial charge in [0.15, 0.2) is 0 Å². The molecule has 0 spiro atoms. The maximum atomic E-state index is 6.25. The van der Waals surface area contributed by atoms with Crippen LogP contribution in [0.15, 0.2) is 24.3 Å². The molecule has 0 aliphatic heterocycles. The fourth-order valence-corrected chi connectivity index (χ4v) is 3.29. The summed E-state index contributed by atoms with van der Waals surface area (Å²) in [7, 11) is 2.23. The minimum atomic E-state index is 0.700. The highest BCUT2D eigenvalue weighted by Crippen LogP contribution is 2.25. The summed E-state index contributed by atoms with van der Waals surface area (Å²) in [5, 5.41) is 4.54. The van der Waals surface area contributed by atoms with E-state index in [9.17, 15) is 0 Å². The van der Waals surface area contributed by atoms with E-state index in [1.54, 1.807) is 0 Å². The normalized spacial score (nSPS) is 23.2. The lowest BCUT2D eigenvalue weighted by atomic mass is 9.90. The molecule has 0 amide bonds. The largest absolute Gasteiger partial charge is 0.314 e. The van der Waals surface area contributed by atoms with Crippen LogP contribution in [0, 0.1) is 0 Å². The minimum absolute atomic E-state index is 0.700. The number of nitrogens with one attached hydrogen (secondary N) is 1. The fraction of sp³-hybridized carbons (Fsp3) is 0.647. The van der Waals surface area contributed by atoms with Crippen LogP contribution in [0.5, 0.6) is 0 Å². The van der Waals surface area contributed by atoms with Crippen LogP contribution in [0.2, 0.25) is 5.02 Å². The Labute approximate surface area is 128 Å². The van der Waals surface area contributed by atoms with Crippen LogP contribution in [-0.4, -0.2) is 30.6 Å². The highest BCUT2D eigenvalue weighted by atomic mass is 35.5. The Kier molecular flexibility index (Phi) is 6.34. The van der Waals surface area contributed by atoms with E-state index in [2.05, 4.69) is 36.3 Å². The average molecular weight is 295 g/mol. The van der Waals surface area contributed by atoms with E-state index < -0.39 is 0 Å². The maximum Gasteiger partial charge on any atom is 0.0451 e. The Morgan fingerprint density at radius 1 is 1.20 bits per heavy atom. The number of halogens is 1. The number of benzene rings is 1. The maximum absolute atomic E-state index is 6.25. The molecule has 0 radical (unpaired) electrons. The average Bonchev–Trinajstić information content (AvgIpc) is 2.48. The number of hydrogen-bond donors (Lipinski definition) is 1. The summed E-state index contributed by atoms with van der Waals surface area (Å²) in [6.07, 6.45) is 6.42. The second-order valence-corrected chi connectivity index (χ2v) is 6.37. The van der Waals surface area contributed by atoms with Gasteiger partial charge in [0.25, 0.3) is 0 Å². The zero-order valence-electron chi connectivity index (χ0n) is 12.7. The molecule has 1 aliphatic rings. The van der Waals surface area contributed by atoms with Gasteiger partial charge in [-0.25, -0.2) is 0 Å². The zero-order chi connectivity index (χ0) is 14.4. The van der Waals surface area contributed by atoms with E-state index in [1.165, 1.54) is 37.7 Å². The smallest absolute Gasteiger partial charge is 0.0451 e. The van der Waals surface area contributed by atoms with E-state index >= 15 is 0 Å². The molecule has 1 aliphatic carbocycles. The van der Waals surface area contributed by atoms with Crippen molar-refractivity contribution in [3.63, 3.8) is 0 Å². The Bertz CT molecular complexity index is 400. The molecule has 0 heterocycles. The Morgan fingerprint density at radius 3 is 2.55 bits per heavy atom. The van der Waals surface area contributed by atoms with Crippen molar-refractivity contribution in [1.82, 2.24) is 10.2 Å². The molecular formula is C17H27ClN2. The molecule has 1 aromatic rings. The van der Waals surface area contributed by atoms with Gasteiger partial charge in [-0.15, -0.1) is 0 Å². The molecule has 3 heteroatoms. The predicted octanol–water partition coefficient (Wildman–Crippen LogP) is 4.08. The summed E-state index contributed by atoms with van der Waals surface area (Å²) in [5.74, 6) is 0. The predicted molar refractivity (Wildman–Crippen MR) is 87.3 cm³/mol. The van der Waals surface area contributed by atoms with Gasteiger partial charge in [0, 0.05) is 23.7 Å².